The number of methoxy groups -OCH3 is 1. The summed E-state index contributed by atoms with van der Waals surface area (Å²) in [6, 6.07) is 15.1. The number of hydrogen-bond donors (Lipinski definition) is 3. The molecule has 9 heteroatoms. The van der Waals surface area contributed by atoms with E-state index in [0.29, 0.717) is 12.1 Å². The molecule has 0 aliphatic rings. The SMILES string of the molecule is CCc1csc(C(Cc2ccccc2NS(=O)(=O)O)NCCCc2cccc(OC)c2)n1. The second-order valence-corrected chi connectivity index (χ2v) is 9.47. The summed E-state index contributed by atoms with van der Waals surface area (Å²) >= 11 is 1.60. The fourth-order valence-electron chi connectivity index (χ4n) is 3.45. The number of nitrogens with zero attached hydrogens (tertiary/aromatic N) is 1. The van der Waals surface area contributed by atoms with Crippen molar-refractivity contribution in [2.75, 3.05) is 18.4 Å². The second-order valence-electron chi connectivity index (χ2n) is 7.43. The minimum atomic E-state index is -4.35. The van der Waals surface area contributed by atoms with Crippen molar-refractivity contribution in [1.29, 1.82) is 0 Å². The lowest BCUT2D eigenvalue weighted by molar-refractivity contribution is 0.414. The fraction of sp³-hybridized carbons (Fsp3) is 0.348. The lowest BCUT2D eigenvalue weighted by Gasteiger charge is -2.19. The molecule has 1 aromatic heterocycles. The molecule has 0 amide bonds. The Morgan fingerprint density at radius 2 is 2.00 bits per heavy atom. The molecule has 0 radical (unpaired) electrons. The monoisotopic (exact) mass is 475 g/mol. The standard InChI is InChI=1S/C23H29N3O4S2/c1-3-19-16-31-23(25-19)22(15-18-10-4-5-12-21(18)26-32(27,28)29)24-13-7-9-17-8-6-11-20(14-17)30-2/h4-6,8,10-12,14,16,22,24,26H,3,7,9,13,15H2,1-2H3,(H,27,28,29). The number of thiazole rings is 1. The first-order valence-corrected chi connectivity index (χ1v) is 12.8. The van der Waals surface area contributed by atoms with Gasteiger partial charge in [0.05, 0.1) is 24.5 Å². The van der Waals surface area contributed by atoms with E-state index in [2.05, 4.69) is 28.4 Å². The van der Waals surface area contributed by atoms with Crippen LogP contribution in [0.15, 0.2) is 53.9 Å². The van der Waals surface area contributed by atoms with Crippen molar-refractivity contribution < 1.29 is 17.7 Å². The van der Waals surface area contributed by atoms with Crippen molar-refractivity contribution in [2.24, 2.45) is 0 Å². The van der Waals surface area contributed by atoms with Gasteiger partial charge in [0.15, 0.2) is 0 Å². The third-order valence-electron chi connectivity index (χ3n) is 5.08. The summed E-state index contributed by atoms with van der Waals surface area (Å²) in [6.07, 6.45) is 3.24. The van der Waals surface area contributed by atoms with Gasteiger partial charge in [-0.05, 0) is 61.6 Å². The van der Waals surface area contributed by atoms with Crippen LogP contribution in [-0.2, 0) is 29.6 Å². The van der Waals surface area contributed by atoms with Gasteiger partial charge in [0.1, 0.15) is 10.8 Å². The number of ether oxygens (including phenoxy) is 1. The minimum Gasteiger partial charge on any atom is -0.497 e. The molecule has 32 heavy (non-hydrogen) atoms. The van der Waals surface area contributed by atoms with Crippen molar-refractivity contribution in [3.8, 4) is 5.75 Å². The zero-order valence-electron chi connectivity index (χ0n) is 18.2. The molecule has 0 saturated carbocycles. The van der Waals surface area contributed by atoms with Crippen LogP contribution in [-0.4, -0.2) is 31.6 Å². The highest BCUT2D eigenvalue weighted by molar-refractivity contribution is 7.87. The van der Waals surface area contributed by atoms with Crippen molar-refractivity contribution in [3.05, 3.63) is 75.7 Å². The van der Waals surface area contributed by atoms with E-state index in [1.54, 1.807) is 30.6 Å². The van der Waals surface area contributed by atoms with Gasteiger partial charge in [-0.25, -0.2) is 4.98 Å². The van der Waals surface area contributed by atoms with Crippen molar-refractivity contribution in [3.63, 3.8) is 0 Å². The molecule has 3 N–H and O–H groups in total. The van der Waals surface area contributed by atoms with Gasteiger partial charge in [0.25, 0.3) is 0 Å². The van der Waals surface area contributed by atoms with Crippen molar-refractivity contribution >= 4 is 27.3 Å². The molecule has 2 aromatic carbocycles. The average Bonchev–Trinajstić information content (AvgIpc) is 3.25. The Hall–Kier alpha value is -2.46. The van der Waals surface area contributed by atoms with Crippen molar-refractivity contribution in [1.82, 2.24) is 10.3 Å². The Morgan fingerprint density at radius 3 is 2.72 bits per heavy atom. The normalized spacial score (nSPS) is 12.5. The van der Waals surface area contributed by atoms with E-state index in [9.17, 15) is 13.0 Å². The minimum absolute atomic E-state index is 0.0741. The first kappa shape index (κ1) is 24.2. The van der Waals surface area contributed by atoms with Crippen LogP contribution in [0.2, 0.25) is 0 Å². The molecular formula is C23H29N3O4S2. The van der Waals surface area contributed by atoms with E-state index in [1.807, 2.05) is 30.3 Å². The predicted molar refractivity (Wildman–Crippen MR) is 129 cm³/mol. The second kappa shape index (κ2) is 11.4. The van der Waals surface area contributed by atoms with Gasteiger partial charge in [-0.2, -0.15) is 8.42 Å². The van der Waals surface area contributed by atoms with Crippen LogP contribution in [0.5, 0.6) is 5.75 Å². The van der Waals surface area contributed by atoms with Crippen LogP contribution in [0, 0.1) is 0 Å². The maximum atomic E-state index is 11.4. The van der Waals surface area contributed by atoms with Gasteiger partial charge < -0.3 is 10.1 Å². The first-order valence-electron chi connectivity index (χ1n) is 10.5. The Labute approximate surface area is 193 Å². The predicted octanol–water partition coefficient (Wildman–Crippen LogP) is 4.44. The van der Waals surface area contributed by atoms with Crippen LogP contribution in [0.25, 0.3) is 0 Å². The molecule has 0 aliphatic heterocycles. The van der Waals surface area contributed by atoms with Gasteiger partial charge in [-0.3, -0.25) is 9.27 Å². The van der Waals surface area contributed by atoms with Crippen LogP contribution in [0.4, 0.5) is 5.69 Å². The van der Waals surface area contributed by atoms with Crippen LogP contribution < -0.4 is 14.8 Å². The van der Waals surface area contributed by atoms with Gasteiger partial charge in [-0.15, -0.1) is 11.3 Å². The molecule has 1 atom stereocenters. The van der Waals surface area contributed by atoms with E-state index < -0.39 is 10.3 Å². The molecule has 1 unspecified atom stereocenters. The highest BCUT2D eigenvalue weighted by atomic mass is 32.2. The molecule has 0 spiro atoms. The van der Waals surface area contributed by atoms with E-state index in [1.165, 1.54) is 5.56 Å². The maximum Gasteiger partial charge on any atom is 0.357 e. The molecule has 0 bridgehead atoms. The number of benzene rings is 2. The zero-order chi connectivity index (χ0) is 23.0. The molecule has 0 fully saturated rings. The number of aromatic nitrogens is 1. The first-order chi connectivity index (χ1) is 15.4. The molecule has 0 saturated heterocycles. The summed E-state index contributed by atoms with van der Waals surface area (Å²) in [6.45, 7) is 2.84. The van der Waals surface area contributed by atoms with E-state index >= 15 is 0 Å². The van der Waals surface area contributed by atoms with Gasteiger partial charge in [0, 0.05) is 5.38 Å². The summed E-state index contributed by atoms with van der Waals surface area (Å²) in [5.41, 5.74) is 3.40. The Balaban J connectivity index is 1.70. The molecule has 3 rings (SSSR count). The molecule has 172 valence electrons. The average molecular weight is 476 g/mol. The van der Waals surface area contributed by atoms with Gasteiger partial charge >= 0.3 is 10.3 Å². The lowest BCUT2D eigenvalue weighted by Crippen LogP contribution is -2.25. The highest BCUT2D eigenvalue weighted by Crippen LogP contribution is 2.27. The van der Waals surface area contributed by atoms with Crippen LogP contribution in [0.3, 0.4) is 0 Å². The molecule has 0 aliphatic carbocycles. The number of anilines is 1. The van der Waals surface area contributed by atoms with E-state index in [0.717, 1.165) is 47.8 Å². The Bertz CT molecular complexity index is 1120. The Kier molecular flexibility index (Phi) is 8.63. The number of hydrogen-bond acceptors (Lipinski definition) is 6. The lowest BCUT2D eigenvalue weighted by atomic mass is 10.0. The molecular weight excluding hydrogens is 446 g/mol. The number of aryl methyl sites for hydroxylation is 2. The zero-order valence-corrected chi connectivity index (χ0v) is 19.9. The summed E-state index contributed by atoms with van der Waals surface area (Å²) in [5, 5.41) is 6.61. The van der Waals surface area contributed by atoms with Crippen LogP contribution >= 0.6 is 11.3 Å². The maximum absolute atomic E-state index is 11.4. The number of para-hydroxylation sites is 1. The van der Waals surface area contributed by atoms with E-state index in [4.69, 9.17) is 9.72 Å². The third-order valence-corrected chi connectivity index (χ3v) is 6.56. The third kappa shape index (κ3) is 7.30. The smallest absolute Gasteiger partial charge is 0.357 e. The van der Waals surface area contributed by atoms with Gasteiger partial charge in [0.2, 0.25) is 0 Å². The summed E-state index contributed by atoms with van der Waals surface area (Å²) in [4.78, 5) is 4.74. The van der Waals surface area contributed by atoms with Crippen LogP contribution in [0.1, 0.15) is 41.2 Å². The van der Waals surface area contributed by atoms with Crippen molar-refractivity contribution in [2.45, 2.75) is 38.6 Å². The Morgan fingerprint density at radius 1 is 1.19 bits per heavy atom. The summed E-state index contributed by atoms with van der Waals surface area (Å²) < 4.78 is 39.4. The van der Waals surface area contributed by atoms with Gasteiger partial charge in [-0.1, -0.05) is 37.3 Å². The number of nitrogens with one attached hydrogen (secondary N) is 2. The largest absolute Gasteiger partial charge is 0.497 e. The fourth-order valence-corrected chi connectivity index (χ4v) is 4.90. The summed E-state index contributed by atoms with van der Waals surface area (Å²) in [7, 11) is -2.69. The van der Waals surface area contributed by atoms with E-state index in [-0.39, 0.29) is 6.04 Å². The molecule has 3 aromatic rings. The number of rotatable bonds is 12. The molecule has 1 heterocycles. The highest BCUT2D eigenvalue weighted by Gasteiger charge is 2.18. The topological polar surface area (TPSA) is 101 Å². The molecule has 7 nitrogen and oxygen atoms in total. The summed E-state index contributed by atoms with van der Waals surface area (Å²) in [5.74, 6) is 0.853. The quantitative estimate of drug-likeness (QED) is 0.265.